The van der Waals surface area contributed by atoms with Crippen molar-refractivity contribution in [3.05, 3.63) is 70.7 Å². The van der Waals surface area contributed by atoms with Crippen molar-refractivity contribution in [1.29, 1.82) is 0 Å². The average Bonchev–Trinajstić information content (AvgIpc) is 3.53. The number of aromatic amines is 1. The van der Waals surface area contributed by atoms with Crippen molar-refractivity contribution in [3.63, 3.8) is 0 Å². The Hall–Kier alpha value is -3.55. The molecular formula is C28H35N7O. The van der Waals surface area contributed by atoms with Gasteiger partial charge in [0.1, 0.15) is 0 Å². The summed E-state index contributed by atoms with van der Waals surface area (Å²) in [5.41, 5.74) is 5.08. The zero-order valence-corrected chi connectivity index (χ0v) is 21.4. The lowest BCUT2D eigenvalue weighted by Gasteiger charge is -2.44. The predicted octanol–water partition coefficient (Wildman–Crippen LogP) is 5.28. The molecule has 36 heavy (non-hydrogen) atoms. The van der Waals surface area contributed by atoms with Gasteiger partial charge in [-0.25, -0.2) is 4.79 Å². The number of nitrogens with zero attached hydrogens (tertiary/aromatic N) is 6. The summed E-state index contributed by atoms with van der Waals surface area (Å²) in [4.78, 5) is 18.4. The van der Waals surface area contributed by atoms with Crippen LogP contribution in [0.2, 0.25) is 0 Å². The van der Waals surface area contributed by atoms with Gasteiger partial charge in [-0.3, -0.25) is 14.1 Å². The molecule has 0 aliphatic heterocycles. The van der Waals surface area contributed by atoms with Gasteiger partial charge in [0.2, 0.25) is 5.82 Å². The minimum atomic E-state index is 0.106. The van der Waals surface area contributed by atoms with Gasteiger partial charge >= 0.3 is 5.69 Å². The molecule has 2 atom stereocenters. The Bertz CT molecular complexity index is 1340. The second-order valence-electron chi connectivity index (χ2n) is 9.91. The third-order valence-corrected chi connectivity index (χ3v) is 7.75. The summed E-state index contributed by atoms with van der Waals surface area (Å²) < 4.78 is 4.00. The van der Waals surface area contributed by atoms with E-state index in [-0.39, 0.29) is 5.69 Å². The molecule has 0 spiro atoms. The van der Waals surface area contributed by atoms with Crippen LogP contribution in [0, 0.1) is 11.8 Å². The number of imidazole rings is 1. The number of aromatic nitrogens is 7. The fraction of sp³-hybridized carbons (Fsp3) is 0.464. The van der Waals surface area contributed by atoms with E-state index < -0.39 is 0 Å². The van der Waals surface area contributed by atoms with Crippen LogP contribution in [0.25, 0.3) is 22.5 Å². The quantitative estimate of drug-likeness (QED) is 0.330. The molecule has 1 saturated carbocycles. The molecule has 0 amide bonds. The highest BCUT2D eigenvalue weighted by Gasteiger charge is 2.41. The van der Waals surface area contributed by atoms with Gasteiger partial charge in [-0.15, -0.1) is 10.2 Å². The van der Waals surface area contributed by atoms with Crippen molar-refractivity contribution in [2.24, 2.45) is 11.8 Å². The van der Waals surface area contributed by atoms with Gasteiger partial charge in [-0.1, -0.05) is 58.2 Å². The van der Waals surface area contributed by atoms with Crippen molar-refractivity contribution < 1.29 is 0 Å². The predicted molar refractivity (Wildman–Crippen MR) is 140 cm³/mol. The van der Waals surface area contributed by atoms with E-state index in [0.717, 1.165) is 60.2 Å². The van der Waals surface area contributed by atoms with Crippen molar-refractivity contribution >= 4 is 0 Å². The van der Waals surface area contributed by atoms with E-state index in [1.165, 1.54) is 6.42 Å². The normalized spacial score (nSPS) is 19.4. The fourth-order valence-electron chi connectivity index (χ4n) is 5.64. The highest BCUT2D eigenvalue weighted by Crippen LogP contribution is 2.47. The summed E-state index contributed by atoms with van der Waals surface area (Å²) >= 11 is 0. The highest BCUT2D eigenvalue weighted by molar-refractivity contribution is 5.70. The van der Waals surface area contributed by atoms with E-state index in [9.17, 15) is 4.79 Å². The molecular weight excluding hydrogens is 450 g/mol. The van der Waals surface area contributed by atoms with Crippen LogP contribution in [0.5, 0.6) is 0 Å². The number of nitrogens with one attached hydrogen (secondary N) is 1. The Morgan fingerprint density at radius 2 is 1.81 bits per heavy atom. The van der Waals surface area contributed by atoms with Crippen molar-refractivity contribution in [3.8, 4) is 22.5 Å². The maximum Gasteiger partial charge on any atom is 0.328 e. The van der Waals surface area contributed by atoms with Crippen molar-refractivity contribution in [2.75, 3.05) is 0 Å². The number of rotatable bonds is 10. The summed E-state index contributed by atoms with van der Waals surface area (Å²) in [7, 11) is 0. The smallest absolute Gasteiger partial charge is 0.295 e. The van der Waals surface area contributed by atoms with Crippen LogP contribution in [0.3, 0.4) is 0 Å². The summed E-state index contributed by atoms with van der Waals surface area (Å²) in [6, 6.07) is 12.5. The molecule has 1 N–H and O–H groups in total. The molecule has 0 saturated heterocycles. The van der Waals surface area contributed by atoms with E-state index >= 15 is 0 Å². The minimum absolute atomic E-state index is 0.106. The third-order valence-electron chi connectivity index (χ3n) is 7.75. The first-order chi connectivity index (χ1) is 17.6. The number of tetrazole rings is 1. The molecule has 1 aliphatic rings. The third kappa shape index (κ3) is 4.64. The average molecular weight is 486 g/mol. The van der Waals surface area contributed by atoms with Crippen LogP contribution >= 0.6 is 0 Å². The van der Waals surface area contributed by atoms with Crippen LogP contribution in [0.4, 0.5) is 0 Å². The van der Waals surface area contributed by atoms with Gasteiger partial charge in [0.25, 0.3) is 0 Å². The maximum absolute atomic E-state index is 13.7. The summed E-state index contributed by atoms with van der Waals surface area (Å²) in [5.74, 6) is 1.75. The standard InChI is InChI=1S/C28H35N7O/c1-4-7-11-25-18-35(26-19(5-2)14-20(26)6-3)28(36)34(25)17-24-16-22(12-13-29-24)21-9-8-10-23(15-21)27-30-32-33-31-27/h8-10,12-13,15-16,18-20,26H,4-7,11,14,17H2,1-3H3,(H,30,31,32,33). The second-order valence-corrected chi connectivity index (χ2v) is 9.91. The molecule has 3 aromatic heterocycles. The number of hydrogen-bond acceptors (Lipinski definition) is 5. The van der Waals surface area contributed by atoms with Crippen LogP contribution in [0.15, 0.2) is 53.6 Å². The Morgan fingerprint density at radius 1 is 1.03 bits per heavy atom. The second kappa shape index (κ2) is 10.6. The van der Waals surface area contributed by atoms with E-state index in [1.807, 2.05) is 35.0 Å². The lowest BCUT2D eigenvalue weighted by atomic mass is 9.67. The van der Waals surface area contributed by atoms with Gasteiger partial charge < -0.3 is 0 Å². The SMILES string of the molecule is CCCCc1cn(C2C(CC)CC2CC)c(=O)n1Cc1cc(-c2cccc(-c3nn[nH]n3)c2)ccn1. The van der Waals surface area contributed by atoms with Crippen LogP contribution in [0.1, 0.15) is 70.3 Å². The Labute approximate surface area is 211 Å². The number of aryl methyl sites for hydroxylation is 1. The number of hydrogen-bond donors (Lipinski definition) is 1. The molecule has 0 radical (unpaired) electrons. The minimum Gasteiger partial charge on any atom is -0.295 e. The van der Waals surface area contributed by atoms with Crippen LogP contribution in [-0.2, 0) is 13.0 Å². The Kier molecular flexibility index (Phi) is 7.11. The molecule has 4 aromatic rings. The largest absolute Gasteiger partial charge is 0.328 e. The zero-order chi connectivity index (χ0) is 25.1. The molecule has 8 heteroatoms. The lowest BCUT2D eigenvalue weighted by Crippen LogP contribution is -2.42. The first-order valence-electron chi connectivity index (χ1n) is 13.2. The first kappa shape index (κ1) is 24.2. The maximum atomic E-state index is 13.7. The fourth-order valence-corrected chi connectivity index (χ4v) is 5.64. The van der Waals surface area contributed by atoms with Crippen molar-refractivity contribution in [2.45, 2.75) is 71.9 Å². The summed E-state index contributed by atoms with van der Waals surface area (Å²) in [6.45, 7) is 7.15. The molecule has 5 rings (SSSR count). The van der Waals surface area contributed by atoms with Gasteiger partial charge in [0, 0.05) is 29.7 Å². The van der Waals surface area contributed by atoms with E-state index in [1.54, 1.807) is 0 Å². The first-order valence-corrected chi connectivity index (χ1v) is 13.2. The molecule has 2 unspecified atom stereocenters. The van der Waals surface area contributed by atoms with Gasteiger partial charge in [0.05, 0.1) is 12.2 Å². The van der Waals surface area contributed by atoms with Gasteiger partial charge in [-0.05, 0) is 65.6 Å². The van der Waals surface area contributed by atoms with Gasteiger partial charge in [0.15, 0.2) is 0 Å². The molecule has 3 heterocycles. The lowest BCUT2D eigenvalue weighted by molar-refractivity contribution is 0.0710. The molecule has 1 aliphatic carbocycles. The topological polar surface area (TPSA) is 94.3 Å². The van der Waals surface area contributed by atoms with Gasteiger partial charge in [-0.2, -0.15) is 5.21 Å². The van der Waals surface area contributed by atoms with Crippen LogP contribution < -0.4 is 5.69 Å². The number of benzene rings is 1. The summed E-state index contributed by atoms with van der Waals surface area (Å²) in [6.07, 6.45) is 10.5. The molecule has 8 nitrogen and oxygen atoms in total. The van der Waals surface area contributed by atoms with E-state index in [4.69, 9.17) is 0 Å². The molecule has 1 aromatic carbocycles. The monoisotopic (exact) mass is 485 g/mol. The Balaban J connectivity index is 1.46. The zero-order valence-electron chi connectivity index (χ0n) is 21.4. The summed E-state index contributed by atoms with van der Waals surface area (Å²) in [5, 5.41) is 14.3. The Morgan fingerprint density at radius 3 is 2.53 bits per heavy atom. The molecule has 1 fully saturated rings. The number of H-pyrrole nitrogens is 1. The van der Waals surface area contributed by atoms with Crippen molar-refractivity contribution in [1.82, 2.24) is 34.7 Å². The van der Waals surface area contributed by atoms with Crippen LogP contribution in [-0.4, -0.2) is 34.7 Å². The molecule has 0 bridgehead atoms. The van der Waals surface area contributed by atoms with E-state index in [2.05, 4.69) is 69.3 Å². The highest BCUT2D eigenvalue weighted by atomic mass is 16.1. The molecule has 188 valence electrons. The number of unbranched alkanes of at least 4 members (excludes halogenated alkanes) is 1. The number of pyridine rings is 1. The van der Waals surface area contributed by atoms with E-state index in [0.29, 0.717) is 30.2 Å².